The Hall–Kier alpha value is -2.87. The van der Waals surface area contributed by atoms with Crippen molar-refractivity contribution in [1.82, 2.24) is 9.21 Å². The summed E-state index contributed by atoms with van der Waals surface area (Å²) in [4.78, 5) is 15.1. The van der Waals surface area contributed by atoms with Crippen LogP contribution in [0.2, 0.25) is 5.02 Å². The Morgan fingerprint density at radius 1 is 0.972 bits per heavy atom. The maximum absolute atomic E-state index is 13.6. The number of ether oxygens (including phenoxy) is 1. The highest BCUT2D eigenvalue weighted by Crippen LogP contribution is 2.29. The highest BCUT2D eigenvalue weighted by molar-refractivity contribution is 7.89. The van der Waals surface area contributed by atoms with Crippen molar-refractivity contribution >= 4 is 27.5 Å². The fraction of sp³-hybridized carbons (Fsp3) is 0.321. The minimum absolute atomic E-state index is 0.0265. The average molecular weight is 527 g/mol. The van der Waals surface area contributed by atoms with Gasteiger partial charge in [-0.15, -0.1) is 0 Å². The maximum atomic E-state index is 13.6. The molecular weight excluding hydrogens is 496 g/mol. The molecule has 1 aliphatic heterocycles. The standard InChI is InChI=1S/C28H31ClN2O4S/c1-35-27-13-12-25(19-26(27)29)36(33,34)31(20-24-10-6-3-7-11-24)21-28(32)30-16-14-23(15-17-30)18-22-8-4-2-5-9-22/h2-13,19,23H,14-18,20-21H2,1H3. The summed E-state index contributed by atoms with van der Waals surface area (Å²) >= 11 is 6.22. The molecule has 0 N–H and O–H groups in total. The maximum Gasteiger partial charge on any atom is 0.243 e. The molecule has 6 nitrogen and oxygen atoms in total. The minimum atomic E-state index is -3.99. The van der Waals surface area contributed by atoms with Crippen LogP contribution in [-0.4, -0.2) is 50.3 Å². The number of benzene rings is 3. The first kappa shape index (κ1) is 26.2. The number of carbonyl (C=O) groups excluding carboxylic acids is 1. The summed E-state index contributed by atoms with van der Waals surface area (Å²) in [7, 11) is -2.52. The normalized spacial score (nSPS) is 14.7. The SMILES string of the molecule is COc1ccc(S(=O)(=O)N(CC(=O)N2CCC(Cc3ccccc3)CC2)Cc2ccccc2)cc1Cl. The summed E-state index contributed by atoms with van der Waals surface area (Å²) in [6, 6.07) is 24.0. The van der Waals surface area contributed by atoms with E-state index in [-0.39, 0.29) is 28.9 Å². The molecule has 190 valence electrons. The average Bonchev–Trinajstić information content (AvgIpc) is 2.90. The Bertz CT molecular complexity index is 1260. The van der Waals surface area contributed by atoms with Crippen LogP contribution in [0.3, 0.4) is 0 Å². The number of sulfonamides is 1. The lowest BCUT2D eigenvalue weighted by Gasteiger charge is -2.33. The second kappa shape index (κ2) is 11.9. The zero-order valence-corrected chi connectivity index (χ0v) is 21.9. The summed E-state index contributed by atoms with van der Waals surface area (Å²) in [5.74, 6) is 0.717. The van der Waals surface area contributed by atoms with Crippen molar-refractivity contribution in [2.24, 2.45) is 5.92 Å². The molecule has 3 aromatic carbocycles. The van der Waals surface area contributed by atoms with E-state index in [1.165, 1.54) is 35.2 Å². The first-order valence-corrected chi connectivity index (χ1v) is 13.9. The van der Waals surface area contributed by atoms with E-state index >= 15 is 0 Å². The second-order valence-corrected chi connectivity index (χ2v) is 11.4. The van der Waals surface area contributed by atoms with Crippen molar-refractivity contribution in [1.29, 1.82) is 0 Å². The van der Waals surface area contributed by atoms with E-state index in [0.717, 1.165) is 24.8 Å². The Balaban J connectivity index is 1.47. The van der Waals surface area contributed by atoms with Gasteiger partial charge in [-0.05, 0) is 54.5 Å². The molecule has 1 saturated heterocycles. The Morgan fingerprint density at radius 3 is 2.17 bits per heavy atom. The lowest BCUT2D eigenvalue weighted by molar-refractivity contribution is -0.132. The number of nitrogens with zero attached hydrogens (tertiary/aromatic N) is 2. The topological polar surface area (TPSA) is 66.9 Å². The van der Waals surface area contributed by atoms with Gasteiger partial charge in [-0.3, -0.25) is 4.79 Å². The van der Waals surface area contributed by atoms with Gasteiger partial charge < -0.3 is 9.64 Å². The number of hydrogen-bond acceptors (Lipinski definition) is 4. The van der Waals surface area contributed by atoms with Crippen LogP contribution in [0.5, 0.6) is 5.75 Å². The van der Waals surface area contributed by atoms with Gasteiger partial charge >= 0.3 is 0 Å². The minimum Gasteiger partial charge on any atom is -0.495 e. The Labute approximate surface area is 218 Å². The summed E-state index contributed by atoms with van der Waals surface area (Å²) in [6.45, 7) is 1.11. The number of likely N-dealkylation sites (tertiary alicyclic amines) is 1. The number of halogens is 1. The van der Waals surface area contributed by atoms with E-state index in [1.54, 1.807) is 4.90 Å². The molecule has 1 aliphatic rings. The lowest BCUT2D eigenvalue weighted by Crippen LogP contribution is -2.45. The van der Waals surface area contributed by atoms with Gasteiger partial charge in [0.1, 0.15) is 5.75 Å². The smallest absolute Gasteiger partial charge is 0.243 e. The fourth-order valence-electron chi connectivity index (χ4n) is 4.55. The summed E-state index contributed by atoms with van der Waals surface area (Å²) in [5, 5.41) is 0.199. The molecule has 36 heavy (non-hydrogen) atoms. The number of amides is 1. The molecule has 0 atom stereocenters. The van der Waals surface area contributed by atoms with Crippen molar-refractivity contribution < 1.29 is 17.9 Å². The van der Waals surface area contributed by atoms with Gasteiger partial charge in [-0.2, -0.15) is 4.31 Å². The highest BCUT2D eigenvalue weighted by atomic mass is 35.5. The van der Waals surface area contributed by atoms with Gasteiger partial charge in [-0.25, -0.2) is 8.42 Å². The predicted molar refractivity (Wildman–Crippen MR) is 141 cm³/mol. The van der Waals surface area contributed by atoms with Gasteiger partial charge in [0, 0.05) is 19.6 Å². The molecule has 1 amide bonds. The van der Waals surface area contributed by atoms with E-state index in [1.807, 2.05) is 48.5 Å². The molecule has 0 aliphatic carbocycles. The van der Waals surface area contributed by atoms with E-state index in [2.05, 4.69) is 12.1 Å². The quantitative estimate of drug-likeness (QED) is 0.392. The monoisotopic (exact) mass is 526 g/mol. The van der Waals surface area contributed by atoms with Gasteiger partial charge in [0.25, 0.3) is 0 Å². The molecule has 3 aromatic rings. The lowest BCUT2D eigenvalue weighted by atomic mass is 9.90. The van der Waals surface area contributed by atoms with Crippen LogP contribution in [0.15, 0.2) is 83.8 Å². The molecule has 0 saturated carbocycles. The van der Waals surface area contributed by atoms with Crippen molar-refractivity contribution in [3.05, 3.63) is 95.0 Å². The first-order valence-electron chi connectivity index (χ1n) is 12.1. The molecule has 0 radical (unpaired) electrons. The summed E-state index contributed by atoms with van der Waals surface area (Å²) in [5.41, 5.74) is 2.11. The largest absolute Gasteiger partial charge is 0.495 e. The van der Waals surface area contributed by atoms with Crippen LogP contribution in [0.1, 0.15) is 24.0 Å². The van der Waals surface area contributed by atoms with E-state index in [0.29, 0.717) is 24.8 Å². The number of rotatable bonds is 9. The van der Waals surface area contributed by atoms with Crippen LogP contribution in [0, 0.1) is 5.92 Å². The van der Waals surface area contributed by atoms with Gasteiger partial charge in [0.2, 0.25) is 15.9 Å². The second-order valence-electron chi connectivity index (χ2n) is 9.07. The van der Waals surface area contributed by atoms with Crippen molar-refractivity contribution in [3.8, 4) is 5.75 Å². The molecule has 1 fully saturated rings. The van der Waals surface area contributed by atoms with Crippen molar-refractivity contribution in [2.75, 3.05) is 26.7 Å². The Morgan fingerprint density at radius 2 is 1.58 bits per heavy atom. The number of methoxy groups -OCH3 is 1. The highest BCUT2D eigenvalue weighted by Gasteiger charge is 2.31. The van der Waals surface area contributed by atoms with E-state index in [4.69, 9.17) is 16.3 Å². The first-order chi connectivity index (χ1) is 17.4. The molecule has 8 heteroatoms. The third-order valence-electron chi connectivity index (χ3n) is 6.61. The molecule has 4 rings (SSSR count). The van der Waals surface area contributed by atoms with Crippen LogP contribution >= 0.6 is 11.6 Å². The third-order valence-corrected chi connectivity index (χ3v) is 8.69. The summed E-state index contributed by atoms with van der Waals surface area (Å²) < 4.78 is 33.6. The van der Waals surface area contributed by atoms with Crippen molar-refractivity contribution in [3.63, 3.8) is 0 Å². The van der Waals surface area contributed by atoms with Gasteiger partial charge in [0.05, 0.1) is 23.6 Å². The predicted octanol–water partition coefficient (Wildman–Crippen LogP) is 5.02. The Kier molecular flexibility index (Phi) is 8.67. The number of hydrogen-bond donors (Lipinski definition) is 0. The van der Waals surface area contributed by atoms with Gasteiger partial charge in [-0.1, -0.05) is 72.3 Å². The molecular formula is C28H31ClN2O4S. The van der Waals surface area contributed by atoms with Crippen LogP contribution < -0.4 is 4.74 Å². The molecule has 1 heterocycles. The molecule has 0 unspecified atom stereocenters. The van der Waals surface area contributed by atoms with Crippen LogP contribution in [0.4, 0.5) is 0 Å². The van der Waals surface area contributed by atoms with Crippen molar-refractivity contribution in [2.45, 2.75) is 30.7 Å². The fourth-order valence-corrected chi connectivity index (χ4v) is 6.28. The number of carbonyl (C=O) groups is 1. The zero-order valence-electron chi connectivity index (χ0n) is 20.3. The third kappa shape index (κ3) is 6.46. The van der Waals surface area contributed by atoms with E-state index in [9.17, 15) is 13.2 Å². The molecule has 0 aromatic heterocycles. The number of piperidine rings is 1. The van der Waals surface area contributed by atoms with Crippen LogP contribution in [0.25, 0.3) is 0 Å². The molecule has 0 bridgehead atoms. The van der Waals surface area contributed by atoms with Gasteiger partial charge in [0.15, 0.2) is 0 Å². The zero-order chi connectivity index (χ0) is 25.5. The summed E-state index contributed by atoms with van der Waals surface area (Å²) in [6.07, 6.45) is 2.80. The van der Waals surface area contributed by atoms with Crippen LogP contribution in [-0.2, 0) is 27.8 Å². The molecule has 0 spiro atoms. The van der Waals surface area contributed by atoms with E-state index < -0.39 is 10.0 Å².